The zero-order chi connectivity index (χ0) is 33.6. The predicted molar refractivity (Wildman–Crippen MR) is 196 cm³/mol. The maximum absolute atomic E-state index is 12.1. The van der Waals surface area contributed by atoms with Gasteiger partial charge >= 0.3 is 6.03 Å². The fourth-order valence-electron chi connectivity index (χ4n) is 5.96. The van der Waals surface area contributed by atoms with Gasteiger partial charge in [0.05, 0.1) is 38.5 Å². The van der Waals surface area contributed by atoms with Gasteiger partial charge in [0.2, 0.25) is 11.8 Å². The van der Waals surface area contributed by atoms with Gasteiger partial charge in [0.15, 0.2) is 0 Å². The molecule has 2 aliphatic rings. The third-order valence-electron chi connectivity index (χ3n) is 8.71. The van der Waals surface area contributed by atoms with Crippen LogP contribution in [-0.2, 0) is 23.8 Å². The second-order valence-electron chi connectivity index (χ2n) is 12.8. The maximum Gasteiger partial charge on any atom is 0.315 e. The molecule has 47 heavy (non-hydrogen) atoms. The number of carbonyl (C=O) groups is 3. The molecule has 2 fully saturated rings. The van der Waals surface area contributed by atoms with Gasteiger partial charge in [0.25, 0.3) is 0 Å². The molecule has 0 aromatic heterocycles. The van der Waals surface area contributed by atoms with Crippen LogP contribution in [0.2, 0.25) is 0 Å². The first-order valence-electron chi connectivity index (χ1n) is 18.7. The summed E-state index contributed by atoms with van der Waals surface area (Å²) in [6.07, 6.45) is 21.0. The van der Waals surface area contributed by atoms with Crippen LogP contribution in [0.25, 0.3) is 0 Å². The van der Waals surface area contributed by atoms with E-state index in [1.54, 1.807) is 0 Å². The van der Waals surface area contributed by atoms with Crippen molar-refractivity contribution in [2.75, 3.05) is 64.2 Å². The molecule has 0 bridgehead atoms. The van der Waals surface area contributed by atoms with Gasteiger partial charge in [-0.05, 0) is 44.3 Å². The van der Waals surface area contributed by atoms with E-state index >= 15 is 0 Å². The number of nitrogens with one attached hydrogen (secondary N) is 4. The van der Waals surface area contributed by atoms with Crippen LogP contribution in [0.3, 0.4) is 0 Å². The molecule has 0 aromatic carbocycles. The van der Waals surface area contributed by atoms with Crippen LogP contribution in [0.4, 0.5) is 4.79 Å². The number of unbranched alkanes of at least 4 members (excludes halogenated alkanes) is 12. The van der Waals surface area contributed by atoms with Gasteiger partial charge < -0.3 is 35.5 Å². The average Bonchev–Trinajstić information content (AvgIpc) is 3.62. The topological polar surface area (TPSA) is 127 Å². The van der Waals surface area contributed by atoms with E-state index in [1.807, 2.05) is 11.8 Å². The summed E-state index contributed by atoms with van der Waals surface area (Å²) in [4.78, 5) is 35.5. The van der Waals surface area contributed by atoms with E-state index in [-0.39, 0.29) is 29.9 Å². The monoisotopic (exact) mass is 702 g/mol. The molecule has 4 amide bonds. The van der Waals surface area contributed by atoms with Gasteiger partial charge in [-0.2, -0.15) is 24.4 Å². The Morgan fingerprint density at radius 3 is 1.64 bits per heavy atom. The Labute approximate surface area is 294 Å². The molecule has 0 saturated carbocycles. The van der Waals surface area contributed by atoms with Gasteiger partial charge in [-0.1, -0.05) is 70.6 Å². The Hall–Kier alpha value is -1.21. The first kappa shape index (κ1) is 42.0. The Balaban J connectivity index is 1.20. The molecule has 4 N–H and O–H groups in total. The number of urea groups is 1. The highest BCUT2D eigenvalue weighted by Crippen LogP contribution is 2.33. The van der Waals surface area contributed by atoms with Crippen LogP contribution in [0, 0.1) is 0 Å². The minimum atomic E-state index is -0.0504. The standard InChI is InChI=1S/C35H66N4O6S2/c40-32(18-11-9-7-5-3-1-2-4-6-8-10-14-28-46)36-20-15-22-43-24-26-45-27-25-44-23-16-21-37-33(41)19-13-12-17-31-34-30(29-47-31)38-35(42)39-34/h30-31,34,46H,1-29H2,(H,36,40)(H,37,41)(H2,38,39,42). The summed E-state index contributed by atoms with van der Waals surface area (Å²) in [6, 6.07) is 0.443. The summed E-state index contributed by atoms with van der Waals surface area (Å²) in [7, 11) is 0. The Morgan fingerprint density at radius 1 is 0.638 bits per heavy atom. The first-order valence-corrected chi connectivity index (χ1v) is 20.3. The lowest BCUT2D eigenvalue weighted by atomic mass is 10.0. The summed E-state index contributed by atoms with van der Waals surface area (Å²) in [5.74, 6) is 2.23. The Morgan fingerprint density at radius 2 is 1.11 bits per heavy atom. The van der Waals surface area contributed by atoms with Gasteiger partial charge in [-0.25, -0.2) is 4.79 Å². The van der Waals surface area contributed by atoms with Crippen LogP contribution >= 0.6 is 24.4 Å². The Kier molecular flexibility index (Phi) is 26.5. The number of hydrogen-bond acceptors (Lipinski definition) is 8. The summed E-state index contributed by atoms with van der Waals surface area (Å²) >= 11 is 6.17. The zero-order valence-electron chi connectivity index (χ0n) is 29.0. The van der Waals surface area contributed by atoms with Crippen molar-refractivity contribution in [1.82, 2.24) is 21.3 Å². The molecule has 2 saturated heterocycles. The van der Waals surface area contributed by atoms with Crippen molar-refractivity contribution in [1.29, 1.82) is 0 Å². The van der Waals surface area contributed by atoms with Gasteiger partial charge in [-0.3, -0.25) is 9.59 Å². The van der Waals surface area contributed by atoms with E-state index in [9.17, 15) is 14.4 Å². The number of hydrogen-bond donors (Lipinski definition) is 5. The van der Waals surface area contributed by atoms with Crippen molar-refractivity contribution in [2.24, 2.45) is 0 Å². The third-order valence-corrected chi connectivity index (χ3v) is 10.5. The number of fused-ring (bicyclic) bond motifs is 1. The van der Waals surface area contributed by atoms with Crippen molar-refractivity contribution in [3.8, 4) is 0 Å². The van der Waals surface area contributed by atoms with E-state index in [0.717, 1.165) is 56.5 Å². The average molecular weight is 703 g/mol. The molecule has 0 aromatic rings. The van der Waals surface area contributed by atoms with Crippen molar-refractivity contribution in [3.63, 3.8) is 0 Å². The van der Waals surface area contributed by atoms with Gasteiger partial charge in [0, 0.05) is 50.1 Å². The molecule has 3 atom stereocenters. The smallest absolute Gasteiger partial charge is 0.315 e. The quantitative estimate of drug-likeness (QED) is 0.0334. The summed E-state index contributed by atoms with van der Waals surface area (Å²) in [5.41, 5.74) is 0. The summed E-state index contributed by atoms with van der Waals surface area (Å²) in [5, 5.41) is 12.4. The predicted octanol–water partition coefficient (Wildman–Crippen LogP) is 5.78. The summed E-state index contributed by atoms with van der Waals surface area (Å²) in [6.45, 7) is 4.57. The number of amides is 4. The van der Waals surface area contributed by atoms with Gasteiger partial charge in [0.1, 0.15) is 0 Å². The normalized spacial score (nSPS) is 18.6. The van der Waals surface area contributed by atoms with Gasteiger partial charge in [-0.15, -0.1) is 0 Å². The molecule has 12 heteroatoms. The van der Waals surface area contributed by atoms with Crippen molar-refractivity contribution >= 4 is 42.2 Å². The van der Waals surface area contributed by atoms with Crippen LogP contribution in [0.1, 0.15) is 122 Å². The zero-order valence-corrected chi connectivity index (χ0v) is 30.8. The van der Waals surface area contributed by atoms with Crippen LogP contribution in [0.5, 0.6) is 0 Å². The lowest BCUT2D eigenvalue weighted by molar-refractivity contribution is -0.122. The molecule has 274 valence electrons. The molecular formula is C35H66N4O6S2. The number of thiol groups is 1. The van der Waals surface area contributed by atoms with E-state index < -0.39 is 0 Å². The second-order valence-corrected chi connectivity index (χ2v) is 14.5. The largest absolute Gasteiger partial charge is 0.379 e. The fourth-order valence-corrected chi connectivity index (χ4v) is 7.73. The maximum atomic E-state index is 12.1. The summed E-state index contributed by atoms with van der Waals surface area (Å²) < 4.78 is 16.7. The second kappa shape index (κ2) is 29.7. The van der Waals surface area contributed by atoms with Crippen LogP contribution < -0.4 is 21.3 Å². The minimum Gasteiger partial charge on any atom is -0.379 e. The molecule has 2 rings (SSSR count). The molecule has 0 spiro atoms. The number of thioether (sulfide) groups is 1. The van der Waals surface area contributed by atoms with E-state index in [0.29, 0.717) is 70.8 Å². The Bertz CT molecular complexity index is 812. The highest BCUT2D eigenvalue weighted by molar-refractivity contribution is 8.00. The highest BCUT2D eigenvalue weighted by Gasteiger charge is 2.42. The SMILES string of the molecule is O=C(CCCCCCCCCCCCCCS)NCCCOCCOCCOCCCNC(=O)CCCCC1SCC2NC(=O)NC21. The molecule has 2 aliphatic heterocycles. The molecular weight excluding hydrogens is 637 g/mol. The molecule has 0 aliphatic carbocycles. The first-order chi connectivity index (χ1) is 23.1. The number of ether oxygens (including phenoxy) is 3. The molecule has 10 nitrogen and oxygen atoms in total. The number of rotatable bonds is 33. The number of carbonyl (C=O) groups excluding carboxylic acids is 3. The van der Waals surface area contributed by atoms with E-state index in [4.69, 9.17) is 14.2 Å². The lowest BCUT2D eigenvalue weighted by Gasteiger charge is -2.16. The highest BCUT2D eigenvalue weighted by atomic mass is 32.2. The van der Waals surface area contributed by atoms with Crippen molar-refractivity contribution in [2.45, 2.75) is 139 Å². The molecule has 3 unspecified atom stereocenters. The fraction of sp³-hybridized carbons (Fsp3) is 0.914. The van der Waals surface area contributed by atoms with Crippen LogP contribution in [-0.4, -0.2) is 99.4 Å². The molecule has 2 heterocycles. The van der Waals surface area contributed by atoms with Crippen molar-refractivity contribution in [3.05, 3.63) is 0 Å². The van der Waals surface area contributed by atoms with E-state index in [2.05, 4.69) is 33.9 Å². The van der Waals surface area contributed by atoms with E-state index in [1.165, 1.54) is 64.2 Å². The lowest BCUT2D eigenvalue weighted by Crippen LogP contribution is -2.36. The third kappa shape index (κ3) is 22.9. The molecule has 0 radical (unpaired) electrons. The minimum absolute atomic E-state index is 0.0504. The van der Waals surface area contributed by atoms with Crippen molar-refractivity contribution < 1.29 is 28.6 Å². The van der Waals surface area contributed by atoms with Crippen LogP contribution in [0.15, 0.2) is 0 Å².